The van der Waals surface area contributed by atoms with Gasteiger partial charge in [-0.05, 0) is 24.0 Å². The van der Waals surface area contributed by atoms with Crippen LogP contribution in [0.5, 0.6) is 0 Å². The Morgan fingerprint density at radius 2 is 1.00 bits per heavy atom. The Balaban J connectivity index is 0.00000200. The Kier molecular flexibility index (Phi) is 6.81. The van der Waals surface area contributed by atoms with Gasteiger partial charge in [0.25, 0.3) is 0 Å². The average molecular weight is 289 g/mol. The van der Waals surface area contributed by atoms with E-state index in [1.54, 1.807) is 0 Å². The van der Waals surface area contributed by atoms with E-state index in [0.717, 1.165) is 0 Å². The summed E-state index contributed by atoms with van der Waals surface area (Å²) in [6.07, 6.45) is 4.86. The number of hydrogen-bond acceptors (Lipinski definition) is 0. The van der Waals surface area contributed by atoms with Crippen molar-refractivity contribution in [2.45, 2.75) is 44.9 Å². The summed E-state index contributed by atoms with van der Waals surface area (Å²) >= 11 is 0. The molecule has 0 saturated carbocycles. The topological polar surface area (TPSA) is 0 Å². The fourth-order valence-electron chi connectivity index (χ4n) is 3.24. The predicted octanol–water partition coefficient (Wildman–Crippen LogP) is 5.99. The Labute approximate surface area is 129 Å². The van der Waals surface area contributed by atoms with E-state index in [2.05, 4.69) is 74.5 Å². The van der Waals surface area contributed by atoms with E-state index >= 15 is 0 Å². The molecular weight excluding hydrogens is 264 g/mol. The largest absolute Gasteiger partial charge is 0.147 e. The van der Waals surface area contributed by atoms with Gasteiger partial charge in [0.2, 0.25) is 0 Å². The maximum absolute atomic E-state index is 2.29. The van der Waals surface area contributed by atoms with E-state index in [9.17, 15) is 0 Å². The highest BCUT2D eigenvalue weighted by Crippen LogP contribution is 2.40. The van der Waals surface area contributed by atoms with Crippen LogP contribution in [0.25, 0.3) is 0 Å². The van der Waals surface area contributed by atoms with E-state index in [1.807, 2.05) is 0 Å². The maximum atomic E-state index is 2.29. The lowest BCUT2D eigenvalue weighted by Gasteiger charge is -2.35. The average Bonchev–Trinajstić information content (AvgIpc) is 2.49. The maximum Gasteiger partial charge on any atom is 0.0202 e. The lowest BCUT2D eigenvalue weighted by atomic mass is 9.68. The molecule has 0 N–H and O–H groups in total. The van der Waals surface area contributed by atoms with Crippen molar-refractivity contribution >= 4 is 12.4 Å². The lowest BCUT2D eigenvalue weighted by molar-refractivity contribution is 0.426. The first-order valence-electron chi connectivity index (χ1n) is 7.44. The SMILES string of the molecule is CCCC(CCC)(c1ccccc1)c1ccccc1.Cl. The van der Waals surface area contributed by atoms with Crippen molar-refractivity contribution in [2.24, 2.45) is 0 Å². The van der Waals surface area contributed by atoms with Crippen LogP contribution in [-0.4, -0.2) is 0 Å². The molecule has 0 saturated heterocycles. The quantitative estimate of drug-likeness (QED) is 0.612. The second kappa shape index (κ2) is 8.11. The molecule has 0 aliphatic rings. The zero-order valence-electron chi connectivity index (χ0n) is 12.5. The summed E-state index contributed by atoms with van der Waals surface area (Å²) < 4.78 is 0. The van der Waals surface area contributed by atoms with Gasteiger partial charge in [-0.25, -0.2) is 0 Å². The summed E-state index contributed by atoms with van der Waals surface area (Å²) in [7, 11) is 0. The summed E-state index contributed by atoms with van der Waals surface area (Å²) in [6, 6.07) is 22.0. The molecule has 0 aromatic heterocycles. The minimum Gasteiger partial charge on any atom is -0.147 e. The Bertz CT molecular complexity index is 428. The van der Waals surface area contributed by atoms with Gasteiger partial charge in [0.1, 0.15) is 0 Å². The van der Waals surface area contributed by atoms with Gasteiger partial charge in [-0.15, -0.1) is 12.4 Å². The van der Waals surface area contributed by atoms with Gasteiger partial charge >= 0.3 is 0 Å². The van der Waals surface area contributed by atoms with Gasteiger partial charge in [0.05, 0.1) is 0 Å². The van der Waals surface area contributed by atoms with Crippen LogP contribution in [0.1, 0.15) is 50.7 Å². The second-order valence-corrected chi connectivity index (χ2v) is 5.31. The van der Waals surface area contributed by atoms with Crippen molar-refractivity contribution in [2.75, 3.05) is 0 Å². The minimum atomic E-state index is 0. The highest BCUT2D eigenvalue weighted by Gasteiger charge is 2.31. The molecule has 1 heteroatoms. The summed E-state index contributed by atoms with van der Waals surface area (Å²) in [4.78, 5) is 0. The van der Waals surface area contributed by atoms with Crippen molar-refractivity contribution in [3.8, 4) is 0 Å². The molecule has 0 amide bonds. The van der Waals surface area contributed by atoms with Crippen molar-refractivity contribution < 1.29 is 0 Å². The molecule has 2 aromatic rings. The van der Waals surface area contributed by atoms with Gasteiger partial charge in [0.15, 0.2) is 0 Å². The third-order valence-electron chi connectivity index (χ3n) is 4.01. The zero-order chi connectivity index (χ0) is 13.6. The third-order valence-corrected chi connectivity index (χ3v) is 4.01. The van der Waals surface area contributed by atoms with Crippen molar-refractivity contribution in [1.29, 1.82) is 0 Å². The number of hydrogen-bond donors (Lipinski definition) is 0. The fraction of sp³-hybridized carbons (Fsp3) is 0.368. The van der Waals surface area contributed by atoms with Gasteiger partial charge in [0, 0.05) is 5.41 Å². The third kappa shape index (κ3) is 3.43. The van der Waals surface area contributed by atoms with Crippen LogP contribution >= 0.6 is 12.4 Å². The number of rotatable bonds is 6. The van der Waals surface area contributed by atoms with E-state index in [4.69, 9.17) is 0 Å². The molecule has 20 heavy (non-hydrogen) atoms. The summed E-state index contributed by atoms with van der Waals surface area (Å²) in [5.41, 5.74) is 3.11. The second-order valence-electron chi connectivity index (χ2n) is 5.31. The molecule has 0 nitrogen and oxygen atoms in total. The normalized spacial score (nSPS) is 10.9. The highest BCUT2D eigenvalue weighted by molar-refractivity contribution is 5.85. The first kappa shape index (κ1) is 16.8. The Hall–Kier alpha value is -1.27. The monoisotopic (exact) mass is 288 g/mol. The highest BCUT2D eigenvalue weighted by atomic mass is 35.5. The van der Waals surface area contributed by atoms with E-state index in [0.29, 0.717) is 0 Å². The van der Waals surface area contributed by atoms with Crippen LogP contribution in [0.3, 0.4) is 0 Å². The molecule has 2 aromatic carbocycles. The van der Waals surface area contributed by atoms with Gasteiger partial charge in [-0.2, -0.15) is 0 Å². The molecule has 0 atom stereocenters. The van der Waals surface area contributed by atoms with Gasteiger partial charge in [-0.3, -0.25) is 0 Å². The molecule has 0 aliphatic heterocycles. The Morgan fingerprint density at radius 1 is 0.650 bits per heavy atom. The van der Waals surface area contributed by atoms with Crippen LogP contribution in [0.15, 0.2) is 60.7 Å². The van der Waals surface area contributed by atoms with Crippen molar-refractivity contribution in [1.82, 2.24) is 0 Å². The minimum absolute atomic E-state index is 0. The molecule has 0 spiro atoms. The number of halogens is 1. The molecule has 0 bridgehead atoms. The van der Waals surface area contributed by atoms with E-state index < -0.39 is 0 Å². The molecular formula is C19H25Cl. The first-order valence-corrected chi connectivity index (χ1v) is 7.44. The first-order chi connectivity index (χ1) is 9.33. The van der Waals surface area contributed by atoms with Gasteiger partial charge < -0.3 is 0 Å². The van der Waals surface area contributed by atoms with Crippen LogP contribution in [-0.2, 0) is 5.41 Å². The van der Waals surface area contributed by atoms with Crippen LogP contribution in [0, 0.1) is 0 Å². The van der Waals surface area contributed by atoms with Crippen molar-refractivity contribution in [3.05, 3.63) is 71.8 Å². The molecule has 0 unspecified atom stereocenters. The van der Waals surface area contributed by atoms with Crippen LogP contribution in [0.2, 0.25) is 0 Å². The number of benzene rings is 2. The smallest absolute Gasteiger partial charge is 0.0202 e. The summed E-state index contributed by atoms with van der Waals surface area (Å²) in [5.74, 6) is 0. The summed E-state index contributed by atoms with van der Waals surface area (Å²) in [5, 5.41) is 0. The fourth-order valence-corrected chi connectivity index (χ4v) is 3.24. The Morgan fingerprint density at radius 3 is 1.30 bits per heavy atom. The van der Waals surface area contributed by atoms with E-state index in [1.165, 1.54) is 36.8 Å². The van der Waals surface area contributed by atoms with Crippen LogP contribution in [0.4, 0.5) is 0 Å². The standard InChI is InChI=1S/C19H24.ClH/c1-3-15-19(16-4-2,17-11-7-5-8-12-17)18-13-9-6-10-14-18;/h5-14H,3-4,15-16H2,1-2H3;1H. The lowest BCUT2D eigenvalue weighted by Crippen LogP contribution is -2.27. The molecule has 108 valence electrons. The molecule has 0 heterocycles. The van der Waals surface area contributed by atoms with Crippen molar-refractivity contribution in [3.63, 3.8) is 0 Å². The van der Waals surface area contributed by atoms with E-state index in [-0.39, 0.29) is 17.8 Å². The molecule has 0 fully saturated rings. The predicted molar refractivity (Wildman–Crippen MR) is 90.7 cm³/mol. The van der Waals surface area contributed by atoms with Crippen LogP contribution < -0.4 is 0 Å². The molecule has 0 aliphatic carbocycles. The summed E-state index contributed by atoms with van der Waals surface area (Å²) in [6.45, 7) is 4.58. The van der Waals surface area contributed by atoms with Gasteiger partial charge in [-0.1, -0.05) is 87.4 Å². The molecule has 2 rings (SSSR count). The zero-order valence-corrected chi connectivity index (χ0v) is 13.3. The molecule has 0 radical (unpaired) electrons.